The van der Waals surface area contributed by atoms with Crippen molar-refractivity contribution in [3.8, 4) is 0 Å². The summed E-state index contributed by atoms with van der Waals surface area (Å²) in [6, 6.07) is 20.6. The molecular weight excluding hydrogens is 260 g/mol. The lowest BCUT2D eigenvalue weighted by Crippen LogP contribution is -2.36. The van der Waals surface area contributed by atoms with Gasteiger partial charge in [0.2, 0.25) is 0 Å². The minimum atomic E-state index is 0.0580. The van der Waals surface area contributed by atoms with Crippen LogP contribution in [-0.2, 0) is 0 Å². The summed E-state index contributed by atoms with van der Waals surface area (Å²) in [5.74, 6) is 0.421. The number of piperidine rings is 1. The van der Waals surface area contributed by atoms with E-state index in [4.69, 9.17) is 0 Å². The van der Waals surface area contributed by atoms with Gasteiger partial charge in [0, 0.05) is 0 Å². The summed E-state index contributed by atoms with van der Waals surface area (Å²) in [7, 11) is 0. The summed E-state index contributed by atoms with van der Waals surface area (Å²) < 4.78 is 0. The molecule has 0 aliphatic carbocycles. The van der Waals surface area contributed by atoms with E-state index in [0.29, 0.717) is 5.92 Å². The fraction of sp³-hybridized carbons (Fsp3) is 0.333. The molecular formula is C18H20N2O. The summed E-state index contributed by atoms with van der Waals surface area (Å²) in [6.07, 6.45) is 2.07. The Kier molecular flexibility index (Phi) is 4.00. The maximum absolute atomic E-state index is 11.5. The van der Waals surface area contributed by atoms with Gasteiger partial charge in [-0.3, -0.25) is 0 Å². The lowest BCUT2D eigenvalue weighted by atomic mass is 9.82. The van der Waals surface area contributed by atoms with Gasteiger partial charge in [-0.15, -0.1) is 4.91 Å². The van der Waals surface area contributed by atoms with Gasteiger partial charge in [0.15, 0.2) is 0 Å². The molecule has 0 radical (unpaired) electrons. The second-order valence-corrected chi connectivity index (χ2v) is 5.80. The van der Waals surface area contributed by atoms with Crippen molar-refractivity contribution in [1.29, 1.82) is 0 Å². The Balaban J connectivity index is 1.97. The summed E-state index contributed by atoms with van der Waals surface area (Å²) >= 11 is 0. The number of hydrogen-bond acceptors (Lipinski definition) is 2. The second kappa shape index (κ2) is 6.08. The lowest BCUT2D eigenvalue weighted by molar-refractivity contribution is 0.0442. The minimum absolute atomic E-state index is 0.0580. The van der Waals surface area contributed by atoms with Crippen molar-refractivity contribution < 1.29 is 0 Å². The fourth-order valence-corrected chi connectivity index (χ4v) is 3.40. The van der Waals surface area contributed by atoms with E-state index in [1.54, 1.807) is 5.01 Å². The van der Waals surface area contributed by atoms with Crippen molar-refractivity contribution in [2.45, 2.75) is 31.8 Å². The highest BCUT2D eigenvalue weighted by Crippen LogP contribution is 2.44. The van der Waals surface area contributed by atoms with E-state index in [-0.39, 0.29) is 12.1 Å². The molecule has 1 fully saturated rings. The van der Waals surface area contributed by atoms with E-state index < -0.39 is 0 Å². The number of benzene rings is 2. The largest absolute Gasteiger partial charge is 0.246 e. The Bertz CT molecular complexity index is 585. The Morgan fingerprint density at radius 1 is 0.905 bits per heavy atom. The molecule has 3 rings (SSSR count). The summed E-state index contributed by atoms with van der Waals surface area (Å²) in [4.78, 5) is 11.5. The van der Waals surface area contributed by atoms with E-state index in [1.165, 1.54) is 11.1 Å². The highest BCUT2D eigenvalue weighted by molar-refractivity contribution is 5.24. The van der Waals surface area contributed by atoms with Crippen LogP contribution in [0, 0.1) is 10.8 Å². The van der Waals surface area contributed by atoms with Crippen LogP contribution in [0.4, 0.5) is 0 Å². The third-order valence-electron chi connectivity index (χ3n) is 4.46. The van der Waals surface area contributed by atoms with Crippen LogP contribution in [0.15, 0.2) is 65.9 Å². The molecule has 1 saturated heterocycles. The zero-order valence-corrected chi connectivity index (χ0v) is 12.2. The summed E-state index contributed by atoms with van der Waals surface area (Å²) in [5.41, 5.74) is 2.34. The average molecular weight is 280 g/mol. The van der Waals surface area contributed by atoms with Gasteiger partial charge in [-0.25, -0.2) is 5.01 Å². The molecule has 21 heavy (non-hydrogen) atoms. The molecule has 0 saturated carbocycles. The van der Waals surface area contributed by atoms with Gasteiger partial charge in [0.25, 0.3) is 0 Å². The highest BCUT2D eigenvalue weighted by Gasteiger charge is 2.37. The third-order valence-corrected chi connectivity index (χ3v) is 4.46. The van der Waals surface area contributed by atoms with E-state index in [1.807, 2.05) is 36.4 Å². The molecule has 2 aromatic carbocycles. The standard InChI is InChI=1S/C18H20N2O/c1-14-12-13-17(15-8-4-2-5-9-15)20(19-21)18(14)16-10-6-3-7-11-16/h2-11,14,17-18H,12-13H2,1H3/t14-,17+,18-/m0/s1. The molecule has 1 aliphatic heterocycles. The first-order valence-electron chi connectivity index (χ1n) is 7.52. The Morgan fingerprint density at radius 2 is 1.48 bits per heavy atom. The van der Waals surface area contributed by atoms with Crippen LogP contribution in [-0.4, -0.2) is 5.01 Å². The van der Waals surface area contributed by atoms with Crippen molar-refractivity contribution in [2.24, 2.45) is 11.2 Å². The van der Waals surface area contributed by atoms with E-state index in [0.717, 1.165) is 12.8 Å². The number of hydrogen-bond donors (Lipinski definition) is 0. The summed E-state index contributed by atoms with van der Waals surface area (Å²) in [5, 5.41) is 5.16. The monoisotopic (exact) mass is 280 g/mol. The van der Waals surface area contributed by atoms with Crippen LogP contribution in [0.25, 0.3) is 0 Å². The molecule has 3 atom stereocenters. The molecule has 3 nitrogen and oxygen atoms in total. The predicted molar refractivity (Wildman–Crippen MR) is 84.4 cm³/mol. The maximum atomic E-state index is 11.5. The van der Waals surface area contributed by atoms with Crippen molar-refractivity contribution in [1.82, 2.24) is 5.01 Å². The third kappa shape index (κ3) is 2.68. The Hall–Kier alpha value is -2.16. The molecule has 3 heteroatoms. The van der Waals surface area contributed by atoms with Gasteiger partial charge in [-0.1, -0.05) is 67.6 Å². The minimum Gasteiger partial charge on any atom is -0.246 e. The molecule has 0 N–H and O–H groups in total. The molecule has 0 unspecified atom stereocenters. The fourth-order valence-electron chi connectivity index (χ4n) is 3.40. The molecule has 0 spiro atoms. The van der Waals surface area contributed by atoms with Crippen LogP contribution >= 0.6 is 0 Å². The molecule has 1 aliphatic rings. The van der Waals surface area contributed by atoms with Crippen molar-refractivity contribution in [3.05, 3.63) is 76.7 Å². The van der Waals surface area contributed by atoms with Gasteiger partial charge in [-0.2, -0.15) is 0 Å². The van der Waals surface area contributed by atoms with E-state index in [9.17, 15) is 4.91 Å². The highest BCUT2D eigenvalue weighted by atomic mass is 16.3. The molecule has 2 aromatic rings. The van der Waals surface area contributed by atoms with Gasteiger partial charge in [-0.05, 0) is 29.9 Å². The van der Waals surface area contributed by atoms with Gasteiger partial charge < -0.3 is 0 Å². The van der Waals surface area contributed by atoms with Gasteiger partial charge >= 0.3 is 0 Å². The zero-order valence-electron chi connectivity index (χ0n) is 12.2. The van der Waals surface area contributed by atoms with Crippen LogP contribution < -0.4 is 0 Å². The molecule has 0 amide bonds. The number of nitroso groups, excluding NO2 is 1. The van der Waals surface area contributed by atoms with Crippen molar-refractivity contribution in [2.75, 3.05) is 0 Å². The quantitative estimate of drug-likeness (QED) is 0.750. The molecule has 0 bridgehead atoms. The van der Waals surface area contributed by atoms with Crippen LogP contribution in [0.1, 0.15) is 43.0 Å². The van der Waals surface area contributed by atoms with Crippen molar-refractivity contribution in [3.63, 3.8) is 0 Å². The average Bonchev–Trinajstić information content (AvgIpc) is 2.56. The van der Waals surface area contributed by atoms with Gasteiger partial charge in [0.1, 0.15) is 0 Å². The predicted octanol–water partition coefficient (Wildman–Crippen LogP) is 4.88. The van der Waals surface area contributed by atoms with E-state index in [2.05, 4.69) is 36.5 Å². The number of nitrogens with zero attached hydrogens (tertiary/aromatic N) is 2. The lowest BCUT2D eigenvalue weighted by Gasteiger charge is -2.42. The van der Waals surface area contributed by atoms with E-state index >= 15 is 0 Å². The maximum Gasteiger partial charge on any atom is 0.0784 e. The zero-order chi connectivity index (χ0) is 14.7. The Labute approximate surface area is 125 Å². The second-order valence-electron chi connectivity index (χ2n) is 5.80. The molecule has 0 aromatic heterocycles. The van der Waals surface area contributed by atoms with Crippen LogP contribution in [0.3, 0.4) is 0 Å². The van der Waals surface area contributed by atoms with Crippen LogP contribution in [0.5, 0.6) is 0 Å². The normalized spacial score (nSPS) is 25.6. The first-order chi connectivity index (χ1) is 10.3. The molecule has 1 heterocycles. The first-order valence-corrected chi connectivity index (χ1v) is 7.52. The Morgan fingerprint density at radius 3 is 2.05 bits per heavy atom. The van der Waals surface area contributed by atoms with Gasteiger partial charge in [0.05, 0.1) is 17.4 Å². The topological polar surface area (TPSA) is 32.7 Å². The SMILES string of the molecule is C[C@H]1CC[C@H](c2ccccc2)N(N=O)[C@@H]1c1ccccc1. The van der Waals surface area contributed by atoms with Crippen LogP contribution in [0.2, 0.25) is 0 Å². The summed E-state index contributed by atoms with van der Waals surface area (Å²) in [6.45, 7) is 2.21. The first kappa shape index (κ1) is 13.8. The smallest absolute Gasteiger partial charge is 0.0784 e. The molecule has 108 valence electrons. The van der Waals surface area contributed by atoms with Crippen molar-refractivity contribution >= 4 is 0 Å². The number of rotatable bonds is 3.